The van der Waals surface area contributed by atoms with Crippen LogP contribution in [-0.4, -0.2) is 49.6 Å². The van der Waals surface area contributed by atoms with Crippen molar-refractivity contribution in [3.05, 3.63) is 0 Å². The van der Waals surface area contributed by atoms with Crippen LogP contribution in [0.25, 0.3) is 0 Å². The first-order chi connectivity index (χ1) is 7.39. The molecule has 94 valence electrons. The van der Waals surface area contributed by atoms with E-state index in [2.05, 4.69) is 43.2 Å². The number of carbonyl (C=O) groups is 1. The van der Waals surface area contributed by atoms with Gasteiger partial charge in [0.05, 0.1) is 6.54 Å². The molecule has 1 aliphatic rings. The molecule has 1 fully saturated rings. The molecule has 1 saturated heterocycles. The minimum absolute atomic E-state index is 0.124. The van der Waals surface area contributed by atoms with E-state index in [1.165, 1.54) is 0 Å². The van der Waals surface area contributed by atoms with E-state index in [0.29, 0.717) is 6.54 Å². The molecule has 4 nitrogen and oxygen atoms in total. The Bertz CT molecular complexity index is 229. The highest BCUT2D eigenvalue weighted by Crippen LogP contribution is 2.18. The van der Waals surface area contributed by atoms with Crippen LogP contribution in [0.5, 0.6) is 0 Å². The van der Waals surface area contributed by atoms with Crippen molar-refractivity contribution in [1.82, 2.24) is 15.5 Å². The predicted octanol–water partition coefficient (Wildman–Crippen LogP) is 0.442. The molecule has 1 atom stereocenters. The fourth-order valence-electron chi connectivity index (χ4n) is 1.58. The molecule has 0 unspecified atom stereocenters. The Morgan fingerprint density at radius 3 is 2.44 bits per heavy atom. The van der Waals surface area contributed by atoms with Gasteiger partial charge in [0.1, 0.15) is 0 Å². The molecule has 1 heterocycles. The van der Waals surface area contributed by atoms with Gasteiger partial charge in [-0.2, -0.15) is 0 Å². The van der Waals surface area contributed by atoms with Crippen molar-refractivity contribution in [3.63, 3.8) is 0 Å². The number of nitrogens with zero attached hydrogens (tertiary/aromatic N) is 1. The Hall–Kier alpha value is -0.610. The zero-order valence-corrected chi connectivity index (χ0v) is 11.0. The third kappa shape index (κ3) is 4.49. The zero-order chi connectivity index (χ0) is 12.2. The van der Waals surface area contributed by atoms with Crippen LogP contribution in [0.2, 0.25) is 0 Å². The summed E-state index contributed by atoms with van der Waals surface area (Å²) >= 11 is 0. The van der Waals surface area contributed by atoms with Gasteiger partial charge in [0.25, 0.3) is 0 Å². The molecule has 4 heteroatoms. The minimum Gasteiger partial charge on any atom is -0.352 e. The zero-order valence-electron chi connectivity index (χ0n) is 11.0. The fourth-order valence-corrected chi connectivity index (χ4v) is 1.58. The van der Waals surface area contributed by atoms with Gasteiger partial charge in [-0.05, 0) is 12.3 Å². The molecule has 0 radical (unpaired) electrons. The lowest BCUT2D eigenvalue weighted by Crippen LogP contribution is -2.50. The van der Waals surface area contributed by atoms with Crippen LogP contribution < -0.4 is 10.6 Å². The number of hydrogen-bond acceptors (Lipinski definition) is 3. The lowest BCUT2D eigenvalue weighted by Gasteiger charge is -2.30. The standard InChI is InChI=1S/C12H25N3O/c1-10(12(2,3)4)14-11(16)9-15-7-5-13-6-8-15/h10,13H,5-9H2,1-4H3,(H,14,16)/t10-/m1/s1. The summed E-state index contributed by atoms with van der Waals surface area (Å²) in [5.74, 6) is 0.143. The normalized spacial score (nSPS) is 20.5. The Morgan fingerprint density at radius 1 is 1.38 bits per heavy atom. The summed E-state index contributed by atoms with van der Waals surface area (Å²) in [5, 5.41) is 6.35. The summed E-state index contributed by atoms with van der Waals surface area (Å²) in [4.78, 5) is 14.0. The summed E-state index contributed by atoms with van der Waals surface area (Å²) in [7, 11) is 0. The molecule has 1 rings (SSSR count). The van der Waals surface area contributed by atoms with Gasteiger partial charge in [-0.25, -0.2) is 0 Å². The molecule has 0 bridgehead atoms. The van der Waals surface area contributed by atoms with E-state index in [9.17, 15) is 4.79 Å². The van der Waals surface area contributed by atoms with Gasteiger partial charge in [-0.1, -0.05) is 20.8 Å². The molecule has 0 aromatic carbocycles. The SMILES string of the molecule is C[C@@H](NC(=O)CN1CCNCC1)C(C)(C)C. The van der Waals surface area contributed by atoms with Gasteiger partial charge >= 0.3 is 0 Å². The van der Waals surface area contributed by atoms with E-state index in [1.54, 1.807) is 0 Å². The molecule has 0 spiro atoms. The minimum atomic E-state index is 0.124. The predicted molar refractivity (Wildman–Crippen MR) is 66.4 cm³/mol. The Morgan fingerprint density at radius 2 is 1.94 bits per heavy atom. The van der Waals surface area contributed by atoms with E-state index >= 15 is 0 Å². The van der Waals surface area contributed by atoms with Gasteiger partial charge in [0.15, 0.2) is 0 Å². The van der Waals surface area contributed by atoms with E-state index in [1.807, 2.05) is 0 Å². The van der Waals surface area contributed by atoms with Crippen LogP contribution in [0.4, 0.5) is 0 Å². The first-order valence-electron chi connectivity index (χ1n) is 6.12. The van der Waals surface area contributed by atoms with Crippen LogP contribution in [-0.2, 0) is 4.79 Å². The van der Waals surface area contributed by atoms with Gasteiger partial charge in [0, 0.05) is 32.2 Å². The second-order valence-corrected chi connectivity index (χ2v) is 5.68. The maximum Gasteiger partial charge on any atom is 0.234 e. The van der Waals surface area contributed by atoms with Crippen LogP contribution in [0.1, 0.15) is 27.7 Å². The van der Waals surface area contributed by atoms with E-state index in [4.69, 9.17) is 0 Å². The maximum absolute atomic E-state index is 11.8. The molecule has 16 heavy (non-hydrogen) atoms. The first kappa shape index (κ1) is 13.5. The Balaban J connectivity index is 2.29. The molecular weight excluding hydrogens is 202 g/mol. The average molecular weight is 227 g/mol. The van der Waals surface area contributed by atoms with Crippen molar-refractivity contribution < 1.29 is 4.79 Å². The number of piperazine rings is 1. The molecule has 0 aromatic rings. The van der Waals surface area contributed by atoms with Crippen molar-refractivity contribution in [1.29, 1.82) is 0 Å². The first-order valence-corrected chi connectivity index (χ1v) is 6.12. The van der Waals surface area contributed by atoms with Crippen molar-refractivity contribution in [2.45, 2.75) is 33.7 Å². The Labute approximate surface area is 98.8 Å². The van der Waals surface area contributed by atoms with Gasteiger partial charge < -0.3 is 10.6 Å². The van der Waals surface area contributed by atoms with E-state index in [-0.39, 0.29) is 17.4 Å². The summed E-state index contributed by atoms with van der Waals surface area (Å²) in [6.45, 7) is 12.9. The lowest BCUT2D eigenvalue weighted by molar-refractivity contribution is -0.123. The lowest BCUT2D eigenvalue weighted by atomic mass is 9.88. The fraction of sp³-hybridized carbons (Fsp3) is 0.917. The van der Waals surface area contributed by atoms with Crippen LogP contribution >= 0.6 is 0 Å². The highest BCUT2D eigenvalue weighted by Gasteiger charge is 2.22. The third-order valence-electron chi connectivity index (χ3n) is 3.25. The van der Waals surface area contributed by atoms with Crippen molar-refractivity contribution in [3.8, 4) is 0 Å². The van der Waals surface area contributed by atoms with E-state index in [0.717, 1.165) is 26.2 Å². The molecule has 1 aliphatic heterocycles. The van der Waals surface area contributed by atoms with Crippen molar-refractivity contribution in [2.75, 3.05) is 32.7 Å². The molecule has 0 saturated carbocycles. The maximum atomic E-state index is 11.8. The van der Waals surface area contributed by atoms with Crippen LogP contribution in [0.15, 0.2) is 0 Å². The topological polar surface area (TPSA) is 44.4 Å². The number of rotatable bonds is 3. The molecule has 0 aliphatic carbocycles. The number of carbonyl (C=O) groups excluding carboxylic acids is 1. The van der Waals surface area contributed by atoms with Gasteiger partial charge in [-0.3, -0.25) is 9.69 Å². The highest BCUT2D eigenvalue weighted by molar-refractivity contribution is 5.78. The number of nitrogens with one attached hydrogen (secondary N) is 2. The monoisotopic (exact) mass is 227 g/mol. The summed E-state index contributed by atoms with van der Waals surface area (Å²) in [5.41, 5.74) is 0.124. The second-order valence-electron chi connectivity index (χ2n) is 5.68. The molecular formula is C12H25N3O. The molecule has 2 N–H and O–H groups in total. The van der Waals surface area contributed by atoms with Crippen LogP contribution in [0.3, 0.4) is 0 Å². The quantitative estimate of drug-likeness (QED) is 0.735. The average Bonchev–Trinajstić information content (AvgIpc) is 2.17. The van der Waals surface area contributed by atoms with E-state index < -0.39 is 0 Å². The number of amides is 1. The summed E-state index contributed by atoms with van der Waals surface area (Å²) in [6.07, 6.45) is 0. The Kier molecular flexibility index (Phi) is 4.74. The smallest absolute Gasteiger partial charge is 0.234 e. The summed E-state index contributed by atoms with van der Waals surface area (Å²) in [6, 6.07) is 0.211. The highest BCUT2D eigenvalue weighted by atomic mass is 16.2. The largest absolute Gasteiger partial charge is 0.352 e. The number of hydrogen-bond donors (Lipinski definition) is 2. The molecule has 1 amide bonds. The molecule has 0 aromatic heterocycles. The van der Waals surface area contributed by atoms with Gasteiger partial charge in [-0.15, -0.1) is 0 Å². The summed E-state index contributed by atoms with van der Waals surface area (Å²) < 4.78 is 0. The van der Waals surface area contributed by atoms with Crippen molar-refractivity contribution in [2.24, 2.45) is 5.41 Å². The third-order valence-corrected chi connectivity index (χ3v) is 3.25. The van der Waals surface area contributed by atoms with Crippen LogP contribution in [0, 0.1) is 5.41 Å². The van der Waals surface area contributed by atoms with Gasteiger partial charge in [0.2, 0.25) is 5.91 Å². The second kappa shape index (κ2) is 5.64. The van der Waals surface area contributed by atoms with Crippen molar-refractivity contribution >= 4 is 5.91 Å².